The van der Waals surface area contributed by atoms with Crippen molar-refractivity contribution in [3.05, 3.63) is 46.8 Å². The summed E-state index contributed by atoms with van der Waals surface area (Å²) < 4.78 is 3.16. The van der Waals surface area contributed by atoms with Gasteiger partial charge in [-0.25, -0.2) is 9.36 Å². The summed E-state index contributed by atoms with van der Waals surface area (Å²) in [5.41, 5.74) is 1.80. The van der Waals surface area contributed by atoms with Gasteiger partial charge >= 0.3 is 0 Å². The van der Waals surface area contributed by atoms with E-state index in [0.29, 0.717) is 5.56 Å². The molecular weight excluding hydrogens is 228 g/mol. The van der Waals surface area contributed by atoms with Gasteiger partial charge in [-0.2, -0.15) is 0 Å². The zero-order chi connectivity index (χ0) is 12.9. The maximum absolute atomic E-state index is 12.4. The number of hydrogen-bond acceptors (Lipinski definition) is 2. The Morgan fingerprint density at radius 2 is 1.89 bits per heavy atom. The summed E-state index contributed by atoms with van der Waals surface area (Å²) in [6, 6.07) is 9.25. The number of aromatic nitrogens is 2. The SMILES string of the molecule is CC1=CC(C)n2c(O)c(-c3ccccc3)c(=O)n21. The average Bonchev–Trinajstić information content (AvgIpc) is 2.79. The minimum absolute atomic E-state index is 0.00448. The Hall–Kier alpha value is -2.23. The number of fused-ring (bicyclic) bond motifs is 1. The van der Waals surface area contributed by atoms with E-state index in [2.05, 4.69) is 0 Å². The zero-order valence-electron chi connectivity index (χ0n) is 10.3. The lowest BCUT2D eigenvalue weighted by molar-refractivity contribution is 0.385. The Bertz CT molecular complexity index is 693. The molecule has 0 amide bonds. The van der Waals surface area contributed by atoms with Gasteiger partial charge in [0.2, 0.25) is 5.88 Å². The lowest BCUT2D eigenvalue weighted by atomic mass is 10.1. The number of aromatic hydroxyl groups is 1. The Morgan fingerprint density at radius 3 is 2.50 bits per heavy atom. The second kappa shape index (κ2) is 3.63. The van der Waals surface area contributed by atoms with Crippen molar-refractivity contribution in [3.8, 4) is 17.0 Å². The molecule has 1 N–H and O–H groups in total. The number of hydrogen-bond donors (Lipinski definition) is 1. The maximum atomic E-state index is 12.4. The second-order valence-corrected chi connectivity index (χ2v) is 4.57. The molecule has 0 spiro atoms. The van der Waals surface area contributed by atoms with E-state index in [-0.39, 0.29) is 17.5 Å². The molecular formula is C14H14N2O2. The second-order valence-electron chi connectivity index (χ2n) is 4.57. The molecule has 1 unspecified atom stereocenters. The Balaban J connectivity index is 2.33. The Labute approximate surface area is 104 Å². The summed E-state index contributed by atoms with van der Waals surface area (Å²) in [5.74, 6) is 0.0341. The average molecular weight is 242 g/mol. The maximum Gasteiger partial charge on any atom is 0.282 e. The first-order valence-corrected chi connectivity index (χ1v) is 5.92. The molecule has 0 aliphatic carbocycles. The topological polar surface area (TPSA) is 47.2 Å². The highest BCUT2D eigenvalue weighted by Gasteiger charge is 2.27. The molecule has 4 nitrogen and oxygen atoms in total. The van der Waals surface area contributed by atoms with Crippen LogP contribution in [0, 0.1) is 0 Å². The van der Waals surface area contributed by atoms with Crippen molar-refractivity contribution < 1.29 is 5.11 Å². The minimum atomic E-state index is -0.170. The number of nitrogens with zero attached hydrogens (tertiary/aromatic N) is 2. The van der Waals surface area contributed by atoms with E-state index in [4.69, 9.17) is 0 Å². The molecule has 1 aromatic heterocycles. The highest BCUT2D eigenvalue weighted by molar-refractivity contribution is 5.70. The van der Waals surface area contributed by atoms with Crippen molar-refractivity contribution in [2.24, 2.45) is 0 Å². The molecule has 0 radical (unpaired) electrons. The van der Waals surface area contributed by atoms with Crippen LogP contribution in [-0.4, -0.2) is 14.5 Å². The quantitative estimate of drug-likeness (QED) is 0.835. The van der Waals surface area contributed by atoms with Gasteiger partial charge in [-0.05, 0) is 25.5 Å². The van der Waals surface area contributed by atoms with Gasteiger partial charge in [-0.15, -0.1) is 0 Å². The molecule has 3 rings (SSSR count). The van der Waals surface area contributed by atoms with Crippen LogP contribution in [-0.2, 0) is 0 Å². The van der Waals surface area contributed by atoms with E-state index >= 15 is 0 Å². The highest BCUT2D eigenvalue weighted by Crippen LogP contribution is 2.33. The van der Waals surface area contributed by atoms with E-state index < -0.39 is 0 Å². The normalized spacial score (nSPS) is 17.7. The molecule has 4 heteroatoms. The van der Waals surface area contributed by atoms with Crippen LogP contribution < -0.4 is 5.56 Å². The van der Waals surface area contributed by atoms with Crippen LogP contribution in [0.5, 0.6) is 5.88 Å². The van der Waals surface area contributed by atoms with Crippen molar-refractivity contribution in [2.75, 3.05) is 0 Å². The van der Waals surface area contributed by atoms with Gasteiger partial charge in [0, 0.05) is 5.70 Å². The van der Waals surface area contributed by atoms with Gasteiger partial charge < -0.3 is 5.11 Å². The highest BCUT2D eigenvalue weighted by atomic mass is 16.3. The van der Waals surface area contributed by atoms with Crippen LogP contribution in [0.15, 0.2) is 41.2 Å². The fourth-order valence-electron chi connectivity index (χ4n) is 2.56. The summed E-state index contributed by atoms with van der Waals surface area (Å²) in [4.78, 5) is 12.4. The Kier molecular flexibility index (Phi) is 2.20. The lowest BCUT2D eigenvalue weighted by Crippen LogP contribution is -2.18. The van der Waals surface area contributed by atoms with Crippen molar-refractivity contribution in [1.82, 2.24) is 9.36 Å². The predicted molar refractivity (Wildman–Crippen MR) is 70.5 cm³/mol. The number of benzene rings is 1. The molecule has 18 heavy (non-hydrogen) atoms. The summed E-state index contributed by atoms with van der Waals surface area (Å²) in [6.45, 7) is 3.82. The van der Waals surface area contributed by atoms with Crippen molar-refractivity contribution in [2.45, 2.75) is 19.9 Å². The zero-order valence-corrected chi connectivity index (χ0v) is 10.3. The molecule has 2 aromatic rings. The van der Waals surface area contributed by atoms with E-state index in [1.165, 1.54) is 4.68 Å². The van der Waals surface area contributed by atoms with Crippen LogP contribution in [0.4, 0.5) is 0 Å². The monoisotopic (exact) mass is 242 g/mol. The molecule has 2 heterocycles. The van der Waals surface area contributed by atoms with Gasteiger partial charge in [0.25, 0.3) is 5.56 Å². The van der Waals surface area contributed by atoms with E-state index in [1.807, 2.05) is 50.3 Å². The summed E-state index contributed by atoms with van der Waals surface area (Å²) in [7, 11) is 0. The first-order valence-electron chi connectivity index (χ1n) is 5.92. The molecule has 0 saturated heterocycles. The lowest BCUT2D eigenvalue weighted by Gasteiger charge is -2.07. The van der Waals surface area contributed by atoms with E-state index in [1.54, 1.807) is 4.68 Å². The first kappa shape index (κ1) is 10.9. The minimum Gasteiger partial charge on any atom is -0.493 e. The van der Waals surface area contributed by atoms with Crippen LogP contribution in [0.2, 0.25) is 0 Å². The molecule has 0 bridgehead atoms. The van der Waals surface area contributed by atoms with Crippen LogP contribution in [0.1, 0.15) is 19.9 Å². The fourth-order valence-corrected chi connectivity index (χ4v) is 2.56. The molecule has 0 fully saturated rings. The third kappa shape index (κ3) is 1.29. The smallest absolute Gasteiger partial charge is 0.282 e. The van der Waals surface area contributed by atoms with Gasteiger partial charge in [-0.3, -0.25) is 4.79 Å². The third-order valence-corrected chi connectivity index (χ3v) is 3.33. The summed E-state index contributed by atoms with van der Waals surface area (Å²) in [5, 5.41) is 10.3. The van der Waals surface area contributed by atoms with E-state index in [9.17, 15) is 9.90 Å². The molecule has 1 atom stereocenters. The standard InChI is InChI=1S/C14H14N2O2/c1-9-8-10(2)16-14(18)12(13(17)15(9)16)11-6-4-3-5-7-11/h3-9,17H,1-2H3. The number of rotatable bonds is 1. The van der Waals surface area contributed by atoms with Gasteiger partial charge in [0.05, 0.1) is 6.04 Å². The van der Waals surface area contributed by atoms with Gasteiger partial charge in [-0.1, -0.05) is 30.3 Å². The molecule has 1 aromatic carbocycles. The largest absolute Gasteiger partial charge is 0.493 e. The van der Waals surface area contributed by atoms with E-state index in [0.717, 1.165) is 11.3 Å². The molecule has 1 aliphatic heterocycles. The third-order valence-electron chi connectivity index (χ3n) is 3.33. The van der Waals surface area contributed by atoms with Gasteiger partial charge in [0.15, 0.2) is 0 Å². The van der Waals surface area contributed by atoms with Crippen LogP contribution in [0.25, 0.3) is 16.8 Å². The van der Waals surface area contributed by atoms with Gasteiger partial charge in [0.1, 0.15) is 5.56 Å². The fraction of sp³-hybridized carbons (Fsp3) is 0.214. The molecule has 1 aliphatic rings. The van der Waals surface area contributed by atoms with Crippen molar-refractivity contribution >= 4 is 5.70 Å². The summed E-state index contributed by atoms with van der Waals surface area (Å²) in [6.07, 6.45) is 1.95. The van der Waals surface area contributed by atoms with Crippen LogP contribution >= 0.6 is 0 Å². The number of allylic oxidation sites excluding steroid dienone is 2. The summed E-state index contributed by atoms with van der Waals surface area (Å²) >= 11 is 0. The Morgan fingerprint density at radius 1 is 1.22 bits per heavy atom. The van der Waals surface area contributed by atoms with Crippen LogP contribution in [0.3, 0.4) is 0 Å². The van der Waals surface area contributed by atoms with Crippen molar-refractivity contribution in [3.63, 3.8) is 0 Å². The predicted octanol–water partition coefficient (Wildman–Crippen LogP) is 2.46. The van der Waals surface area contributed by atoms with Crippen molar-refractivity contribution in [1.29, 1.82) is 0 Å². The molecule has 0 saturated carbocycles. The molecule has 92 valence electrons. The first-order chi connectivity index (χ1) is 8.61.